The minimum atomic E-state index is 1.25. The number of aryl methyl sites for hydroxylation is 1. The highest BCUT2D eigenvalue weighted by atomic mass is 15.2. The Morgan fingerprint density at radius 1 is 1.25 bits per heavy atom. The van der Waals surface area contributed by atoms with Gasteiger partial charge in [-0.2, -0.15) is 5.10 Å². The highest BCUT2D eigenvalue weighted by Gasteiger charge is 1.93. The summed E-state index contributed by atoms with van der Waals surface area (Å²) in [6.07, 6.45) is 7.85. The predicted molar refractivity (Wildman–Crippen MR) is 49.9 cm³/mol. The molecule has 1 aliphatic rings. The lowest BCUT2D eigenvalue weighted by Gasteiger charge is -2.08. The fraction of sp³-hybridized carbons (Fsp3) is 0.667. The van der Waals surface area contributed by atoms with Crippen LogP contribution in [0.15, 0.2) is 18.5 Å². The Bertz CT molecular complexity index is 166. The van der Waals surface area contributed by atoms with Gasteiger partial charge in [-0.1, -0.05) is 6.42 Å². The van der Waals surface area contributed by atoms with Crippen LogP contribution in [0.1, 0.15) is 19.3 Å². The van der Waals surface area contributed by atoms with Crippen LogP contribution in [0.2, 0.25) is 0 Å². The minimum absolute atomic E-state index is 1.25. The first-order valence-electron chi connectivity index (χ1n) is 4.54. The molecular weight excluding hydrogens is 150 g/mol. The van der Waals surface area contributed by atoms with Gasteiger partial charge in [-0.3, -0.25) is 4.68 Å². The van der Waals surface area contributed by atoms with Gasteiger partial charge in [0.1, 0.15) is 0 Å². The summed E-state index contributed by atoms with van der Waals surface area (Å²) in [6.45, 7) is 2.50. The molecule has 0 aliphatic carbocycles. The van der Waals surface area contributed by atoms with Gasteiger partial charge in [-0.25, -0.2) is 0 Å². The van der Waals surface area contributed by atoms with Crippen LogP contribution >= 0.6 is 0 Å². The largest absolute Gasteiger partial charge is 0.317 e. The summed E-state index contributed by atoms with van der Waals surface area (Å²) in [5.41, 5.74) is 0. The summed E-state index contributed by atoms with van der Waals surface area (Å²) in [6, 6.07) is 1.89. The van der Waals surface area contributed by atoms with Crippen LogP contribution in [0.4, 0.5) is 0 Å². The predicted octanol–water partition coefficient (Wildman–Crippen LogP) is 1.18. The first-order chi connectivity index (χ1) is 5.89. The van der Waals surface area contributed by atoms with Gasteiger partial charge in [0.25, 0.3) is 0 Å². The van der Waals surface area contributed by atoms with Crippen LogP contribution in [0, 0.1) is 0 Å². The van der Waals surface area contributed by atoms with Gasteiger partial charge < -0.3 is 5.32 Å². The first-order valence-corrected chi connectivity index (χ1v) is 4.54. The van der Waals surface area contributed by atoms with Gasteiger partial charge >= 0.3 is 0 Å². The highest BCUT2D eigenvalue weighted by molar-refractivity contribution is 4.75. The van der Waals surface area contributed by atoms with Crippen molar-refractivity contribution in [1.82, 2.24) is 15.1 Å². The Morgan fingerprint density at radius 3 is 2.17 bits per heavy atom. The number of nitrogens with one attached hydrogen (secondary N) is 1. The highest BCUT2D eigenvalue weighted by Crippen LogP contribution is 1.96. The standard InChI is InChI=1S/C5H11N.C4H6N2/c1-2-4-6-5-3-1;1-6-4-2-3-5-6/h6H,1-5H2;2-4H,1H3. The van der Waals surface area contributed by atoms with E-state index in [0.29, 0.717) is 0 Å². The van der Waals surface area contributed by atoms with Gasteiger partial charge in [0, 0.05) is 19.4 Å². The van der Waals surface area contributed by atoms with Crippen molar-refractivity contribution in [2.24, 2.45) is 7.05 Å². The third-order valence-corrected chi connectivity index (χ3v) is 1.84. The number of hydrogen-bond acceptors (Lipinski definition) is 2. The van der Waals surface area contributed by atoms with Crippen molar-refractivity contribution >= 4 is 0 Å². The Balaban J connectivity index is 0.000000120. The molecule has 0 bridgehead atoms. The van der Waals surface area contributed by atoms with Crippen LogP contribution in [0.3, 0.4) is 0 Å². The monoisotopic (exact) mass is 167 g/mol. The second-order valence-corrected chi connectivity index (χ2v) is 2.99. The molecule has 0 atom stereocenters. The molecule has 0 unspecified atom stereocenters. The molecule has 1 aromatic rings. The Labute approximate surface area is 73.8 Å². The van der Waals surface area contributed by atoms with Crippen molar-refractivity contribution in [3.8, 4) is 0 Å². The van der Waals surface area contributed by atoms with E-state index in [-0.39, 0.29) is 0 Å². The molecule has 2 rings (SSSR count). The summed E-state index contributed by atoms with van der Waals surface area (Å²) in [4.78, 5) is 0. The number of piperidine rings is 1. The van der Waals surface area contributed by atoms with E-state index in [1.54, 1.807) is 10.9 Å². The molecule has 1 saturated heterocycles. The molecule has 0 aromatic carbocycles. The molecule has 1 aliphatic heterocycles. The van der Waals surface area contributed by atoms with E-state index in [2.05, 4.69) is 10.4 Å². The topological polar surface area (TPSA) is 29.9 Å². The average molecular weight is 167 g/mol. The zero-order valence-electron chi connectivity index (χ0n) is 7.66. The quantitative estimate of drug-likeness (QED) is 0.629. The molecule has 0 saturated carbocycles. The molecule has 1 fully saturated rings. The van der Waals surface area contributed by atoms with Crippen LogP contribution in [-0.2, 0) is 7.05 Å². The maximum absolute atomic E-state index is 3.83. The second-order valence-electron chi connectivity index (χ2n) is 2.99. The molecule has 0 radical (unpaired) electrons. The molecular formula is C9H17N3. The molecule has 12 heavy (non-hydrogen) atoms. The fourth-order valence-corrected chi connectivity index (χ4v) is 1.15. The third kappa shape index (κ3) is 4.13. The number of rotatable bonds is 0. The van der Waals surface area contributed by atoms with E-state index in [1.165, 1.54) is 32.4 Å². The van der Waals surface area contributed by atoms with Gasteiger partial charge in [-0.15, -0.1) is 0 Å². The second kappa shape index (κ2) is 5.77. The lowest BCUT2D eigenvalue weighted by atomic mass is 10.2. The zero-order valence-corrected chi connectivity index (χ0v) is 7.66. The van der Waals surface area contributed by atoms with Crippen molar-refractivity contribution in [1.29, 1.82) is 0 Å². The number of hydrogen-bond donors (Lipinski definition) is 1. The maximum atomic E-state index is 3.83. The van der Waals surface area contributed by atoms with Crippen LogP contribution in [0.5, 0.6) is 0 Å². The van der Waals surface area contributed by atoms with E-state index in [9.17, 15) is 0 Å². The van der Waals surface area contributed by atoms with E-state index in [0.717, 1.165) is 0 Å². The summed E-state index contributed by atoms with van der Waals surface area (Å²) in [5, 5.41) is 7.12. The van der Waals surface area contributed by atoms with E-state index < -0.39 is 0 Å². The van der Waals surface area contributed by atoms with E-state index in [4.69, 9.17) is 0 Å². The van der Waals surface area contributed by atoms with Crippen LogP contribution < -0.4 is 5.32 Å². The third-order valence-electron chi connectivity index (χ3n) is 1.84. The zero-order chi connectivity index (χ0) is 8.65. The molecule has 1 aromatic heterocycles. The number of nitrogens with zero attached hydrogens (tertiary/aromatic N) is 2. The summed E-state index contributed by atoms with van der Waals surface area (Å²) in [5.74, 6) is 0. The number of aromatic nitrogens is 2. The SMILES string of the molecule is C1CCNCC1.Cn1cccn1. The minimum Gasteiger partial charge on any atom is -0.317 e. The molecule has 0 amide bonds. The van der Waals surface area contributed by atoms with Crippen molar-refractivity contribution in [2.75, 3.05) is 13.1 Å². The Morgan fingerprint density at radius 2 is 2.00 bits per heavy atom. The van der Waals surface area contributed by atoms with E-state index >= 15 is 0 Å². The van der Waals surface area contributed by atoms with Crippen LogP contribution in [0.25, 0.3) is 0 Å². The van der Waals surface area contributed by atoms with Gasteiger partial charge in [0.2, 0.25) is 0 Å². The summed E-state index contributed by atoms with van der Waals surface area (Å²) >= 11 is 0. The summed E-state index contributed by atoms with van der Waals surface area (Å²) < 4.78 is 1.75. The smallest absolute Gasteiger partial charge is 0.0489 e. The first kappa shape index (κ1) is 9.26. The molecule has 3 nitrogen and oxygen atoms in total. The van der Waals surface area contributed by atoms with Crippen molar-refractivity contribution in [2.45, 2.75) is 19.3 Å². The molecule has 68 valence electrons. The van der Waals surface area contributed by atoms with Crippen molar-refractivity contribution in [3.05, 3.63) is 18.5 Å². The normalized spacial score (nSPS) is 16.4. The van der Waals surface area contributed by atoms with E-state index in [1.807, 2.05) is 19.3 Å². The molecule has 3 heteroatoms. The van der Waals surface area contributed by atoms with Gasteiger partial charge in [0.05, 0.1) is 0 Å². The van der Waals surface area contributed by atoms with Crippen LogP contribution in [-0.4, -0.2) is 22.9 Å². The lowest BCUT2D eigenvalue weighted by molar-refractivity contribution is 0.520. The fourth-order valence-electron chi connectivity index (χ4n) is 1.15. The van der Waals surface area contributed by atoms with Gasteiger partial charge in [-0.05, 0) is 32.0 Å². The Kier molecular flexibility index (Phi) is 4.46. The molecule has 1 N–H and O–H groups in total. The Hall–Kier alpha value is -0.830. The molecule has 2 heterocycles. The lowest BCUT2D eigenvalue weighted by Crippen LogP contribution is -2.21. The summed E-state index contributed by atoms with van der Waals surface area (Å²) in [7, 11) is 1.89. The van der Waals surface area contributed by atoms with Crippen molar-refractivity contribution < 1.29 is 0 Å². The van der Waals surface area contributed by atoms with Crippen molar-refractivity contribution in [3.63, 3.8) is 0 Å². The average Bonchev–Trinajstić information content (AvgIpc) is 2.60. The van der Waals surface area contributed by atoms with Gasteiger partial charge in [0.15, 0.2) is 0 Å². The molecule has 0 spiro atoms. The maximum Gasteiger partial charge on any atom is 0.0489 e.